The van der Waals surface area contributed by atoms with Gasteiger partial charge in [0.05, 0.1) is 18.7 Å². The molecular formula is C24H25N3O4. The summed E-state index contributed by atoms with van der Waals surface area (Å²) in [6, 6.07) is 11.6. The van der Waals surface area contributed by atoms with Crippen LogP contribution in [0.3, 0.4) is 0 Å². The van der Waals surface area contributed by atoms with Crippen LogP contribution >= 0.6 is 0 Å². The van der Waals surface area contributed by atoms with Gasteiger partial charge in [-0.2, -0.15) is 4.98 Å². The average Bonchev–Trinajstić information content (AvgIpc) is 3.39. The van der Waals surface area contributed by atoms with Crippen LogP contribution < -0.4 is 9.47 Å². The fourth-order valence-corrected chi connectivity index (χ4v) is 3.78. The van der Waals surface area contributed by atoms with Crippen molar-refractivity contribution in [2.45, 2.75) is 26.7 Å². The van der Waals surface area contributed by atoms with Crippen molar-refractivity contribution in [1.29, 1.82) is 0 Å². The Morgan fingerprint density at radius 3 is 2.68 bits per heavy atom. The third-order valence-electron chi connectivity index (χ3n) is 5.07. The number of carbonyl (C=O) groups excluding carboxylic acids is 1. The van der Waals surface area contributed by atoms with Crippen molar-refractivity contribution in [3.63, 3.8) is 0 Å². The summed E-state index contributed by atoms with van der Waals surface area (Å²) in [4.78, 5) is 15.5. The second kappa shape index (κ2) is 9.04. The molecule has 0 amide bonds. The van der Waals surface area contributed by atoms with E-state index in [0.29, 0.717) is 49.3 Å². The van der Waals surface area contributed by atoms with Crippen LogP contribution in [0.25, 0.3) is 33.7 Å². The lowest BCUT2D eigenvalue weighted by Gasteiger charge is -2.11. The predicted octanol–water partition coefficient (Wildman–Crippen LogP) is 4.82. The highest BCUT2D eigenvalue weighted by Gasteiger charge is 2.18. The first-order valence-corrected chi connectivity index (χ1v) is 10.4. The van der Waals surface area contributed by atoms with Crippen molar-refractivity contribution in [1.82, 2.24) is 14.7 Å². The van der Waals surface area contributed by atoms with Crippen LogP contribution in [0, 0.1) is 0 Å². The van der Waals surface area contributed by atoms with E-state index in [1.165, 1.54) is 0 Å². The van der Waals surface area contributed by atoms with E-state index in [1.807, 2.05) is 55.8 Å². The minimum atomic E-state index is 0.409. The van der Waals surface area contributed by atoms with Gasteiger partial charge in [-0.3, -0.25) is 0 Å². The fraction of sp³-hybridized carbons (Fsp3) is 0.292. The molecule has 7 nitrogen and oxygen atoms in total. The molecule has 2 aromatic carbocycles. The maximum absolute atomic E-state index is 10.8. The lowest BCUT2D eigenvalue weighted by Crippen LogP contribution is -1.98. The number of fused-ring (bicyclic) bond motifs is 1. The molecule has 0 spiro atoms. The summed E-state index contributed by atoms with van der Waals surface area (Å²) in [5.41, 5.74) is 3.78. The number of para-hydroxylation sites is 1. The Bertz CT molecular complexity index is 1210. The molecule has 4 rings (SSSR count). The number of hydrogen-bond donors (Lipinski definition) is 0. The van der Waals surface area contributed by atoms with Crippen LogP contribution in [0.5, 0.6) is 11.5 Å². The topological polar surface area (TPSA) is 79.4 Å². The van der Waals surface area contributed by atoms with Crippen molar-refractivity contribution >= 4 is 17.2 Å². The minimum absolute atomic E-state index is 0.409. The zero-order valence-electron chi connectivity index (χ0n) is 17.9. The molecule has 2 aromatic heterocycles. The predicted molar refractivity (Wildman–Crippen MR) is 118 cm³/mol. The number of nitrogens with zero attached hydrogens (tertiary/aromatic N) is 3. The molecule has 4 aromatic rings. The standard InChI is InChI=1S/C24H25N3O4/c1-4-29-20-12-11-16(14-21(20)30-5-2)24-25-23(26-31-24)19-10-6-9-18-17(8-7-13-28)15-27(3)22(18)19/h6,9-15H,4-5,7-8H2,1-3H3. The van der Waals surface area contributed by atoms with E-state index in [4.69, 9.17) is 14.0 Å². The lowest BCUT2D eigenvalue weighted by atomic mass is 10.1. The van der Waals surface area contributed by atoms with Gasteiger partial charge in [0.15, 0.2) is 11.5 Å². The van der Waals surface area contributed by atoms with E-state index in [-0.39, 0.29) is 0 Å². The van der Waals surface area contributed by atoms with Gasteiger partial charge in [-0.15, -0.1) is 0 Å². The Morgan fingerprint density at radius 2 is 1.90 bits per heavy atom. The molecule has 0 radical (unpaired) electrons. The third-order valence-corrected chi connectivity index (χ3v) is 5.07. The molecule has 2 heterocycles. The largest absolute Gasteiger partial charge is 0.490 e. The van der Waals surface area contributed by atoms with E-state index < -0.39 is 0 Å². The van der Waals surface area contributed by atoms with Gasteiger partial charge in [0, 0.05) is 36.2 Å². The molecule has 0 aliphatic rings. The molecule has 0 saturated carbocycles. The van der Waals surface area contributed by atoms with Gasteiger partial charge < -0.3 is 23.4 Å². The Labute approximate surface area is 180 Å². The highest BCUT2D eigenvalue weighted by atomic mass is 16.5. The molecule has 0 fully saturated rings. The highest BCUT2D eigenvalue weighted by molar-refractivity contribution is 5.95. The third kappa shape index (κ3) is 4.03. The van der Waals surface area contributed by atoms with Gasteiger partial charge in [0.1, 0.15) is 6.29 Å². The quantitative estimate of drug-likeness (QED) is 0.362. The van der Waals surface area contributed by atoms with Gasteiger partial charge in [-0.25, -0.2) is 0 Å². The normalized spacial score (nSPS) is 11.1. The second-order valence-electron chi connectivity index (χ2n) is 7.12. The van der Waals surface area contributed by atoms with Gasteiger partial charge in [-0.1, -0.05) is 17.3 Å². The van der Waals surface area contributed by atoms with Gasteiger partial charge in [-0.05, 0) is 50.1 Å². The summed E-state index contributed by atoms with van der Waals surface area (Å²) in [5, 5.41) is 5.32. The van der Waals surface area contributed by atoms with Crippen LogP contribution in [0.1, 0.15) is 25.8 Å². The summed E-state index contributed by atoms with van der Waals surface area (Å²) >= 11 is 0. The summed E-state index contributed by atoms with van der Waals surface area (Å²) in [6.07, 6.45) is 4.20. The number of aromatic nitrogens is 3. The van der Waals surface area contributed by atoms with Crippen LogP contribution in [0.2, 0.25) is 0 Å². The van der Waals surface area contributed by atoms with Crippen LogP contribution in [-0.4, -0.2) is 34.2 Å². The molecule has 0 saturated heterocycles. The molecule has 0 aliphatic heterocycles. The molecule has 0 bridgehead atoms. The number of carbonyl (C=O) groups is 1. The first-order chi connectivity index (χ1) is 15.2. The van der Waals surface area contributed by atoms with Gasteiger partial charge in [0.2, 0.25) is 5.82 Å². The van der Waals surface area contributed by atoms with Crippen LogP contribution in [-0.2, 0) is 18.3 Å². The molecule has 0 atom stereocenters. The Balaban J connectivity index is 1.73. The van der Waals surface area contributed by atoms with Gasteiger partial charge in [0.25, 0.3) is 5.89 Å². The number of aldehydes is 1. The number of benzene rings is 2. The molecule has 31 heavy (non-hydrogen) atoms. The molecule has 160 valence electrons. The Hall–Kier alpha value is -3.61. The van der Waals surface area contributed by atoms with E-state index >= 15 is 0 Å². The number of ether oxygens (including phenoxy) is 2. The zero-order valence-corrected chi connectivity index (χ0v) is 17.9. The second-order valence-corrected chi connectivity index (χ2v) is 7.12. The summed E-state index contributed by atoms with van der Waals surface area (Å²) < 4.78 is 19.0. The first kappa shape index (κ1) is 20.7. The Kier molecular flexibility index (Phi) is 6.02. The maximum atomic E-state index is 10.8. The van der Waals surface area contributed by atoms with Crippen molar-refractivity contribution in [3.8, 4) is 34.3 Å². The van der Waals surface area contributed by atoms with Crippen LogP contribution in [0.15, 0.2) is 47.1 Å². The van der Waals surface area contributed by atoms with Crippen molar-refractivity contribution < 1.29 is 18.8 Å². The summed E-state index contributed by atoms with van der Waals surface area (Å²) in [5.74, 6) is 2.25. The SMILES string of the molecule is CCOc1ccc(-c2nc(-c3cccc4c(CCC=O)cn(C)c34)no2)cc1OCC. The molecule has 0 unspecified atom stereocenters. The minimum Gasteiger partial charge on any atom is -0.490 e. The maximum Gasteiger partial charge on any atom is 0.258 e. The molecule has 7 heteroatoms. The highest BCUT2D eigenvalue weighted by Crippen LogP contribution is 2.35. The van der Waals surface area contributed by atoms with Crippen molar-refractivity contribution in [2.24, 2.45) is 7.05 Å². The Morgan fingerprint density at radius 1 is 1.10 bits per heavy atom. The van der Waals surface area contributed by atoms with E-state index in [2.05, 4.69) is 22.4 Å². The molecular weight excluding hydrogens is 394 g/mol. The van der Waals surface area contributed by atoms with Crippen molar-refractivity contribution in [2.75, 3.05) is 13.2 Å². The molecule has 0 aliphatic carbocycles. The number of aryl methyl sites for hydroxylation is 2. The van der Waals surface area contributed by atoms with E-state index in [0.717, 1.165) is 33.9 Å². The number of rotatable bonds is 9. The van der Waals surface area contributed by atoms with Crippen LogP contribution in [0.4, 0.5) is 0 Å². The zero-order chi connectivity index (χ0) is 21.8. The van der Waals surface area contributed by atoms with E-state index in [1.54, 1.807) is 0 Å². The fourth-order valence-electron chi connectivity index (χ4n) is 3.78. The smallest absolute Gasteiger partial charge is 0.258 e. The van der Waals surface area contributed by atoms with E-state index in [9.17, 15) is 4.79 Å². The summed E-state index contributed by atoms with van der Waals surface area (Å²) in [6.45, 7) is 4.94. The summed E-state index contributed by atoms with van der Waals surface area (Å²) in [7, 11) is 1.98. The monoisotopic (exact) mass is 419 g/mol. The van der Waals surface area contributed by atoms with Gasteiger partial charge >= 0.3 is 0 Å². The lowest BCUT2D eigenvalue weighted by molar-refractivity contribution is -0.107. The van der Waals surface area contributed by atoms with Crippen molar-refractivity contribution in [3.05, 3.63) is 48.2 Å². The molecule has 0 N–H and O–H groups in total. The number of hydrogen-bond acceptors (Lipinski definition) is 6. The first-order valence-electron chi connectivity index (χ1n) is 10.4. The average molecular weight is 419 g/mol.